The van der Waals surface area contributed by atoms with Crippen LogP contribution in [0.1, 0.15) is 5.69 Å². The van der Waals surface area contributed by atoms with Gasteiger partial charge in [-0.05, 0) is 19.1 Å². The molecule has 2 rings (SSSR count). The third-order valence-corrected chi connectivity index (χ3v) is 2.84. The monoisotopic (exact) mass is 246 g/mol. The number of para-hydroxylation sites is 1. The summed E-state index contributed by atoms with van der Waals surface area (Å²) in [4.78, 5) is 4.56. The molecule has 0 aliphatic heterocycles. The molecule has 1 heterocycles. The largest absolute Gasteiger partial charge is 0.378 e. The number of nitrogens with zero attached hydrogens (tertiary/aromatic N) is 1. The number of hydrogen-bond acceptors (Lipinski definition) is 4. The molecule has 18 heavy (non-hydrogen) atoms. The molecule has 0 unspecified atom stereocenters. The SMILES string of the molecule is COC(CNc1cccc2ccc(C)nc12)OC. The number of hydrogen-bond donors (Lipinski definition) is 1. The van der Waals surface area contributed by atoms with Crippen LogP contribution in [0.5, 0.6) is 0 Å². The van der Waals surface area contributed by atoms with Gasteiger partial charge < -0.3 is 14.8 Å². The van der Waals surface area contributed by atoms with Gasteiger partial charge >= 0.3 is 0 Å². The van der Waals surface area contributed by atoms with E-state index in [0.717, 1.165) is 22.3 Å². The Morgan fingerprint density at radius 3 is 2.67 bits per heavy atom. The molecule has 0 saturated carbocycles. The van der Waals surface area contributed by atoms with E-state index in [0.29, 0.717) is 6.54 Å². The summed E-state index contributed by atoms with van der Waals surface area (Å²) in [5, 5.41) is 4.43. The van der Waals surface area contributed by atoms with Crippen molar-refractivity contribution in [2.45, 2.75) is 13.2 Å². The number of fused-ring (bicyclic) bond motifs is 1. The molecule has 0 aliphatic carbocycles. The van der Waals surface area contributed by atoms with Gasteiger partial charge in [-0.1, -0.05) is 18.2 Å². The van der Waals surface area contributed by atoms with Crippen molar-refractivity contribution < 1.29 is 9.47 Å². The predicted octanol–water partition coefficient (Wildman–Crippen LogP) is 2.57. The van der Waals surface area contributed by atoms with Gasteiger partial charge in [-0.3, -0.25) is 4.98 Å². The lowest BCUT2D eigenvalue weighted by Gasteiger charge is -2.15. The second-order valence-corrected chi connectivity index (χ2v) is 4.11. The van der Waals surface area contributed by atoms with Crippen molar-refractivity contribution in [3.63, 3.8) is 0 Å². The summed E-state index contributed by atoms with van der Waals surface area (Å²) in [6, 6.07) is 10.2. The number of aromatic nitrogens is 1. The summed E-state index contributed by atoms with van der Waals surface area (Å²) < 4.78 is 10.3. The van der Waals surface area contributed by atoms with E-state index in [4.69, 9.17) is 9.47 Å². The average molecular weight is 246 g/mol. The van der Waals surface area contributed by atoms with Crippen LogP contribution in [0.3, 0.4) is 0 Å². The molecule has 0 bridgehead atoms. The third kappa shape index (κ3) is 2.78. The molecule has 1 N–H and O–H groups in total. The summed E-state index contributed by atoms with van der Waals surface area (Å²) in [5.74, 6) is 0. The second-order valence-electron chi connectivity index (χ2n) is 4.11. The first-order valence-corrected chi connectivity index (χ1v) is 5.90. The van der Waals surface area contributed by atoms with Gasteiger partial charge in [0.2, 0.25) is 0 Å². The molecule has 0 atom stereocenters. The maximum atomic E-state index is 5.15. The minimum Gasteiger partial charge on any atom is -0.378 e. The molecule has 0 spiro atoms. The van der Waals surface area contributed by atoms with Crippen LogP contribution in [0.25, 0.3) is 10.9 Å². The van der Waals surface area contributed by atoms with E-state index in [1.807, 2.05) is 25.1 Å². The second kappa shape index (κ2) is 5.80. The van der Waals surface area contributed by atoms with E-state index in [9.17, 15) is 0 Å². The lowest BCUT2D eigenvalue weighted by molar-refractivity contribution is -0.0913. The van der Waals surface area contributed by atoms with E-state index in [2.05, 4.69) is 22.4 Å². The Morgan fingerprint density at radius 2 is 1.94 bits per heavy atom. The van der Waals surface area contributed by atoms with Crippen molar-refractivity contribution >= 4 is 16.6 Å². The highest BCUT2D eigenvalue weighted by Gasteiger charge is 2.07. The van der Waals surface area contributed by atoms with Crippen LogP contribution in [0.4, 0.5) is 5.69 Å². The van der Waals surface area contributed by atoms with Gasteiger partial charge in [0.15, 0.2) is 6.29 Å². The molecule has 0 radical (unpaired) electrons. The minimum atomic E-state index is -0.259. The van der Waals surface area contributed by atoms with Crippen LogP contribution >= 0.6 is 0 Å². The first kappa shape index (κ1) is 12.8. The highest BCUT2D eigenvalue weighted by molar-refractivity contribution is 5.90. The first-order valence-electron chi connectivity index (χ1n) is 5.90. The minimum absolute atomic E-state index is 0.259. The van der Waals surface area contributed by atoms with Crippen molar-refractivity contribution in [2.24, 2.45) is 0 Å². The normalized spacial score (nSPS) is 11.1. The molecule has 4 heteroatoms. The Morgan fingerprint density at radius 1 is 1.17 bits per heavy atom. The van der Waals surface area contributed by atoms with Crippen molar-refractivity contribution in [2.75, 3.05) is 26.1 Å². The molecular weight excluding hydrogens is 228 g/mol. The van der Waals surface area contributed by atoms with E-state index < -0.39 is 0 Å². The highest BCUT2D eigenvalue weighted by atomic mass is 16.7. The predicted molar refractivity (Wildman–Crippen MR) is 72.8 cm³/mol. The highest BCUT2D eigenvalue weighted by Crippen LogP contribution is 2.21. The third-order valence-electron chi connectivity index (χ3n) is 2.84. The van der Waals surface area contributed by atoms with Crippen LogP contribution in [-0.4, -0.2) is 32.0 Å². The maximum Gasteiger partial charge on any atom is 0.173 e. The molecule has 4 nitrogen and oxygen atoms in total. The lowest BCUT2D eigenvalue weighted by Crippen LogP contribution is -2.23. The summed E-state index contributed by atoms with van der Waals surface area (Å²) in [6.45, 7) is 2.57. The molecule has 1 aromatic carbocycles. The van der Waals surface area contributed by atoms with Crippen LogP contribution in [-0.2, 0) is 9.47 Å². The van der Waals surface area contributed by atoms with Gasteiger partial charge in [-0.2, -0.15) is 0 Å². The van der Waals surface area contributed by atoms with Crippen molar-refractivity contribution in [1.29, 1.82) is 0 Å². The number of nitrogens with one attached hydrogen (secondary N) is 1. The number of rotatable bonds is 5. The Hall–Kier alpha value is -1.65. The van der Waals surface area contributed by atoms with Crippen LogP contribution in [0, 0.1) is 6.92 Å². The van der Waals surface area contributed by atoms with Gasteiger partial charge in [0.25, 0.3) is 0 Å². The fourth-order valence-electron chi connectivity index (χ4n) is 1.84. The average Bonchev–Trinajstić information content (AvgIpc) is 2.40. The molecule has 0 aliphatic rings. The fourth-order valence-corrected chi connectivity index (χ4v) is 1.84. The Kier molecular flexibility index (Phi) is 4.12. The number of ether oxygens (including phenoxy) is 2. The van der Waals surface area contributed by atoms with Crippen molar-refractivity contribution in [1.82, 2.24) is 4.98 Å². The zero-order chi connectivity index (χ0) is 13.0. The summed E-state index contributed by atoms with van der Waals surface area (Å²) in [7, 11) is 3.25. The van der Waals surface area contributed by atoms with E-state index in [1.54, 1.807) is 14.2 Å². The molecule has 0 saturated heterocycles. The van der Waals surface area contributed by atoms with Gasteiger partial charge in [-0.25, -0.2) is 0 Å². The molecule has 1 aromatic heterocycles. The number of benzene rings is 1. The van der Waals surface area contributed by atoms with Gasteiger partial charge in [-0.15, -0.1) is 0 Å². The Bertz CT molecular complexity index is 524. The lowest BCUT2D eigenvalue weighted by atomic mass is 10.1. The van der Waals surface area contributed by atoms with Crippen LogP contribution in [0.2, 0.25) is 0 Å². The molecule has 2 aromatic rings. The number of methoxy groups -OCH3 is 2. The quantitative estimate of drug-likeness (QED) is 0.823. The first-order chi connectivity index (χ1) is 8.74. The molecular formula is C14H18N2O2. The van der Waals surface area contributed by atoms with E-state index in [1.165, 1.54) is 0 Å². The van der Waals surface area contributed by atoms with Crippen LogP contribution in [0.15, 0.2) is 30.3 Å². The fraction of sp³-hybridized carbons (Fsp3) is 0.357. The van der Waals surface area contributed by atoms with Gasteiger partial charge in [0.05, 0.1) is 17.7 Å². The van der Waals surface area contributed by atoms with E-state index >= 15 is 0 Å². The standard InChI is InChI=1S/C14H18N2O2/c1-10-7-8-11-5-4-6-12(14(11)16-10)15-9-13(17-2)18-3/h4-8,13,15H,9H2,1-3H3. The van der Waals surface area contributed by atoms with Gasteiger partial charge in [0, 0.05) is 25.3 Å². The molecule has 0 amide bonds. The molecule has 0 fully saturated rings. The Balaban J connectivity index is 2.24. The van der Waals surface area contributed by atoms with Gasteiger partial charge in [0.1, 0.15) is 0 Å². The van der Waals surface area contributed by atoms with Crippen molar-refractivity contribution in [3.05, 3.63) is 36.0 Å². The van der Waals surface area contributed by atoms with E-state index in [-0.39, 0.29) is 6.29 Å². The smallest absolute Gasteiger partial charge is 0.173 e. The number of anilines is 1. The number of aryl methyl sites for hydroxylation is 1. The summed E-state index contributed by atoms with van der Waals surface area (Å²) in [5.41, 5.74) is 2.98. The maximum absolute atomic E-state index is 5.15. The molecule has 96 valence electrons. The Labute approximate surface area is 107 Å². The zero-order valence-corrected chi connectivity index (χ0v) is 10.9. The van der Waals surface area contributed by atoms with Crippen molar-refractivity contribution in [3.8, 4) is 0 Å². The summed E-state index contributed by atoms with van der Waals surface area (Å²) >= 11 is 0. The summed E-state index contributed by atoms with van der Waals surface area (Å²) in [6.07, 6.45) is -0.259. The number of pyridine rings is 1. The van der Waals surface area contributed by atoms with Crippen LogP contribution < -0.4 is 5.32 Å². The topological polar surface area (TPSA) is 43.4 Å². The zero-order valence-electron chi connectivity index (χ0n) is 10.9.